The van der Waals surface area contributed by atoms with Gasteiger partial charge in [0.15, 0.2) is 13.5 Å². The van der Waals surface area contributed by atoms with Crippen LogP contribution in [0.25, 0.3) is 0 Å². The zero-order valence-corrected chi connectivity index (χ0v) is 9.60. The van der Waals surface area contributed by atoms with Crippen molar-refractivity contribution < 1.29 is 31.2 Å². The molecule has 0 radical (unpaired) electrons. The van der Waals surface area contributed by atoms with E-state index in [9.17, 15) is 17.3 Å². The molecule has 0 atom stereocenters. The largest absolute Gasteiger partial charge is 0.673 e. The summed E-state index contributed by atoms with van der Waals surface area (Å²) in [6.07, 6.45) is 1.32. The number of methoxy groups -OCH3 is 1. The molecular weight excluding hydrogens is 229 g/mol. The monoisotopic (exact) mass is 247 g/mol. The number of nitrogens with zero attached hydrogens (tertiary/aromatic N) is 1. The highest BCUT2D eigenvalue weighted by Gasteiger charge is 2.35. The summed E-state index contributed by atoms with van der Waals surface area (Å²) >= 11 is 0. The maximum Gasteiger partial charge on any atom is 0.673 e. The molecule has 1 rings (SSSR count). The zero-order chi connectivity index (χ0) is 12.7. The highest BCUT2D eigenvalue weighted by molar-refractivity contribution is 6.50. The summed E-state index contributed by atoms with van der Waals surface area (Å²) < 4.78 is 50.5. The fourth-order valence-electron chi connectivity index (χ4n) is 1.46. The van der Waals surface area contributed by atoms with E-state index in [1.54, 1.807) is 7.11 Å². The van der Waals surface area contributed by atoms with Crippen LogP contribution in [-0.4, -0.2) is 52.0 Å². The molecule has 1 heterocycles. The van der Waals surface area contributed by atoms with Crippen LogP contribution in [0.2, 0.25) is 0 Å². The van der Waals surface area contributed by atoms with E-state index in [4.69, 9.17) is 9.47 Å². The average Bonchev–Trinajstić information content (AvgIpc) is 2.06. The van der Waals surface area contributed by atoms with Crippen LogP contribution >= 0.6 is 0 Å². The molecule has 0 bridgehead atoms. The van der Waals surface area contributed by atoms with Gasteiger partial charge in [0.05, 0.1) is 13.1 Å². The second-order valence-electron chi connectivity index (χ2n) is 3.68. The van der Waals surface area contributed by atoms with Crippen LogP contribution in [0.3, 0.4) is 0 Å². The SMILES string of the molecule is CCOC[N+]1(COC)CCC1.F[B-](F)(F)F. The van der Waals surface area contributed by atoms with Crippen LogP contribution in [0.15, 0.2) is 0 Å². The van der Waals surface area contributed by atoms with Crippen LogP contribution in [0.5, 0.6) is 0 Å². The highest BCUT2D eigenvalue weighted by Crippen LogP contribution is 2.19. The van der Waals surface area contributed by atoms with Gasteiger partial charge in [-0.25, -0.2) is 0 Å². The van der Waals surface area contributed by atoms with Gasteiger partial charge in [0, 0.05) is 20.1 Å². The average molecular weight is 247 g/mol. The molecule has 1 aliphatic rings. The van der Waals surface area contributed by atoms with E-state index < -0.39 is 7.25 Å². The predicted molar refractivity (Wildman–Crippen MR) is 53.2 cm³/mol. The molecule has 0 aromatic rings. The quantitative estimate of drug-likeness (QED) is 0.420. The molecule has 0 saturated carbocycles. The van der Waals surface area contributed by atoms with Gasteiger partial charge >= 0.3 is 7.25 Å². The normalized spacial score (nSPS) is 18.4. The Morgan fingerprint density at radius 2 is 1.62 bits per heavy atom. The van der Waals surface area contributed by atoms with Crippen molar-refractivity contribution in [1.82, 2.24) is 0 Å². The molecule has 0 amide bonds. The Hall–Kier alpha value is -0.335. The predicted octanol–water partition coefficient (Wildman–Crippen LogP) is 2.10. The van der Waals surface area contributed by atoms with Crippen molar-refractivity contribution in [1.29, 1.82) is 0 Å². The Labute approximate surface area is 93.0 Å². The maximum absolute atomic E-state index is 9.75. The van der Waals surface area contributed by atoms with Gasteiger partial charge in [0.1, 0.15) is 0 Å². The number of likely N-dealkylation sites (tertiary alicyclic amines) is 1. The van der Waals surface area contributed by atoms with Gasteiger partial charge < -0.3 is 26.7 Å². The zero-order valence-electron chi connectivity index (χ0n) is 9.60. The van der Waals surface area contributed by atoms with E-state index in [2.05, 4.69) is 0 Å². The third-order valence-corrected chi connectivity index (χ3v) is 2.24. The van der Waals surface area contributed by atoms with Gasteiger partial charge in [-0.15, -0.1) is 0 Å². The Bertz CT molecular complexity index is 181. The molecule has 0 aliphatic carbocycles. The lowest BCUT2D eigenvalue weighted by Gasteiger charge is -2.43. The number of ether oxygens (including phenoxy) is 2. The summed E-state index contributed by atoms with van der Waals surface area (Å²) in [6.45, 7) is 6.90. The summed E-state index contributed by atoms with van der Waals surface area (Å²) in [6, 6.07) is 0. The molecule has 16 heavy (non-hydrogen) atoms. The van der Waals surface area contributed by atoms with E-state index in [-0.39, 0.29) is 0 Å². The van der Waals surface area contributed by atoms with Crippen LogP contribution in [-0.2, 0) is 9.47 Å². The first-order valence-corrected chi connectivity index (χ1v) is 5.12. The molecule has 0 unspecified atom stereocenters. The van der Waals surface area contributed by atoms with E-state index in [0.29, 0.717) is 0 Å². The summed E-state index contributed by atoms with van der Waals surface area (Å²) in [5.74, 6) is 0. The molecule has 0 N–H and O–H groups in total. The molecule has 0 aromatic heterocycles. The molecule has 1 saturated heterocycles. The lowest BCUT2D eigenvalue weighted by molar-refractivity contribution is -0.994. The summed E-state index contributed by atoms with van der Waals surface area (Å²) in [4.78, 5) is 0. The third kappa shape index (κ3) is 7.89. The minimum Gasteiger partial charge on any atom is -0.418 e. The summed E-state index contributed by atoms with van der Waals surface area (Å²) in [7, 11) is -4.25. The maximum atomic E-state index is 9.75. The van der Waals surface area contributed by atoms with E-state index in [1.165, 1.54) is 19.5 Å². The minimum atomic E-state index is -6.00. The Kier molecular flexibility index (Phi) is 6.93. The fraction of sp³-hybridized carbons (Fsp3) is 1.00. The van der Waals surface area contributed by atoms with E-state index in [1.807, 2.05) is 6.92 Å². The van der Waals surface area contributed by atoms with Gasteiger partial charge in [0.25, 0.3) is 0 Å². The van der Waals surface area contributed by atoms with E-state index in [0.717, 1.165) is 24.6 Å². The van der Waals surface area contributed by atoms with Crippen molar-refractivity contribution in [3.63, 3.8) is 0 Å². The first kappa shape index (κ1) is 15.7. The van der Waals surface area contributed by atoms with Crippen molar-refractivity contribution in [3.05, 3.63) is 0 Å². The lowest BCUT2D eigenvalue weighted by atomic mass is 10.2. The lowest BCUT2D eigenvalue weighted by Crippen LogP contribution is -2.59. The Balaban J connectivity index is 0.000000385. The van der Waals surface area contributed by atoms with Crippen molar-refractivity contribution in [2.45, 2.75) is 13.3 Å². The molecule has 1 aliphatic heterocycles. The smallest absolute Gasteiger partial charge is 0.418 e. The van der Waals surface area contributed by atoms with Crippen molar-refractivity contribution in [3.8, 4) is 0 Å². The number of rotatable bonds is 5. The standard InChI is InChI=1S/C8H18NO2.BF4/c1-3-11-8-9(7-10-2)5-4-6-9;2-1(3,4)5/h3-8H2,1-2H3;/q+1;-1. The number of hydrogen-bond donors (Lipinski definition) is 0. The number of quaternary nitrogens is 1. The van der Waals surface area contributed by atoms with Crippen molar-refractivity contribution in [2.24, 2.45) is 0 Å². The minimum absolute atomic E-state index is 0.806. The second-order valence-corrected chi connectivity index (χ2v) is 3.68. The molecule has 0 aromatic carbocycles. The Morgan fingerprint density at radius 1 is 1.12 bits per heavy atom. The number of hydrogen-bond acceptors (Lipinski definition) is 2. The van der Waals surface area contributed by atoms with Gasteiger partial charge in [0.2, 0.25) is 0 Å². The molecule has 1 fully saturated rings. The van der Waals surface area contributed by atoms with Crippen LogP contribution < -0.4 is 0 Å². The fourth-order valence-corrected chi connectivity index (χ4v) is 1.46. The van der Waals surface area contributed by atoms with Gasteiger partial charge in [-0.05, 0) is 6.92 Å². The topological polar surface area (TPSA) is 18.5 Å². The van der Waals surface area contributed by atoms with Crippen LogP contribution in [0.1, 0.15) is 13.3 Å². The van der Waals surface area contributed by atoms with E-state index >= 15 is 0 Å². The summed E-state index contributed by atoms with van der Waals surface area (Å²) in [5.41, 5.74) is 0. The first-order chi connectivity index (χ1) is 7.33. The highest BCUT2D eigenvalue weighted by atomic mass is 19.5. The third-order valence-electron chi connectivity index (χ3n) is 2.24. The second kappa shape index (κ2) is 7.08. The van der Waals surface area contributed by atoms with Crippen molar-refractivity contribution >= 4 is 7.25 Å². The van der Waals surface area contributed by atoms with Crippen LogP contribution in [0, 0.1) is 0 Å². The molecule has 8 heteroatoms. The molecule has 3 nitrogen and oxygen atoms in total. The molecule has 0 spiro atoms. The molecule has 98 valence electrons. The molecular formula is C8H18BF4NO2. The summed E-state index contributed by atoms with van der Waals surface area (Å²) in [5, 5.41) is 0. The van der Waals surface area contributed by atoms with Crippen molar-refractivity contribution in [2.75, 3.05) is 40.3 Å². The first-order valence-electron chi connectivity index (χ1n) is 5.12. The Morgan fingerprint density at radius 3 is 1.88 bits per heavy atom. The number of halogens is 4. The van der Waals surface area contributed by atoms with Gasteiger partial charge in [-0.1, -0.05) is 0 Å². The van der Waals surface area contributed by atoms with Crippen LogP contribution in [0.4, 0.5) is 17.3 Å². The van der Waals surface area contributed by atoms with Gasteiger partial charge in [-0.2, -0.15) is 0 Å². The van der Waals surface area contributed by atoms with Gasteiger partial charge in [-0.3, -0.25) is 4.48 Å².